The summed E-state index contributed by atoms with van der Waals surface area (Å²) in [6.07, 6.45) is 0. The van der Waals surface area contributed by atoms with E-state index < -0.39 is 0 Å². The SMILES string of the molecule is N#Cc1c(-n2c3ccccc3c3ccccc32)c(-n2c3ccccc3c3ccccc32)cc(-n2c3ccccc3c3cc(-c4ccc5c(c4)c4ccccc4n5-c4c(C#N)c(-n5c6ccccc6c6ccccc65)c(-n5c6ccccc6c6ccccc65)c(C#N)c4-n4c5ccccc5c5ccccc54)ccc32)c1-n1c2ccccc2c2ccccc21. The number of nitriles is 3. The van der Waals surface area contributed by atoms with Crippen LogP contribution in [0, 0.1) is 34.0 Å². The Morgan fingerprint density at radius 1 is 0.139 bits per heavy atom. The summed E-state index contributed by atoms with van der Waals surface area (Å²) in [5.41, 5.74) is 23.7. The molecule has 0 amide bonds. The molecule has 18 aromatic carbocycles. The number of hydrogen-bond donors (Lipinski definition) is 0. The normalized spacial score (nSPS) is 12.1. The zero-order valence-corrected chi connectivity index (χ0v) is 65.3. The maximum Gasteiger partial charge on any atom is 0.104 e. The van der Waals surface area contributed by atoms with Crippen molar-refractivity contribution in [1.82, 2.24) is 36.5 Å². The highest BCUT2D eigenvalue weighted by Gasteiger charge is 2.37. The predicted molar refractivity (Wildman–Crippen MR) is 501 cm³/mol. The second-order valence-corrected chi connectivity index (χ2v) is 31.9. The van der Waals surface area contributed by atoms with Gasteiger partial charge in [-0.05, 0) is 126 Å². The van der Waals surface area contributed by atoms with Gasteiger partial charge < -0.3 is 36.5 Å². The van der Waals surface area contributed by atoms with Crippen molar-refractivity contribution in [2.75, 3.05) is 0 Å². The Hall–Kier alpha value is -17.2. The van der Waals surface area contributed by atoms with Gasteiger partial charge in [-0.3, -0.25) is 0 Å². The van der Waals surface area contributed by atoms with Gasteiger partial charge in [0.2, 0.25) is 0 Å². The number of rotatable bonds is 9. The Balaban J connectivity index is 0.765. The van der Waals surface area contributed by atoms with Gasteiger partial charge in [0.05, 0.1) is 134 Å². The van der Waals surface area contributed by atoms with Gasteiger partial charge in [0.25, 0.3) is 0 Å². The van der Waals surface area contributed by atoms with E-state index in [2.05, 4.69) is 437 Å². The lowest BCUT2D eigenvalue weighted by Crippen LogP contribution is -2.16. The molecule has 11 heteroatoms. The molecular formula is C111H63N11. The molecule has 0 radical (unpaired) electrons. The number of para-hydroxylation sites is 14. The molecule has 0 spiro atoms. The molecule has 0 saturated heterocycles. The van der Waals surface area contributed by atoms with E-state index in [0.29, 0.717) is 39.4 Å². The molecule has 0 atom stereocenters. The van der Waals surface area contributed by atoms with E-state index in [-0.39, 0.29) is 0 Å². The van der Waals surface area contributed by atoms with Gasteiger partial charge in [-0.1, -0.05) is 267 Å². The van der Waals surface area contributed by atoms with Crippen LogP contribution >= 0.6 is 0 Å². The Labute approximate surface area is 695 Å². The zero-order chi connectivity index (χ0) is 80.3. The maximum absolute atomic E-state index is 13.1. The molecule has 0 aliphatic carbocycles. The minimum absolute atomic E-state index is 0.379. The van der Waals surface area contributed by atoms with Crippen molar-refractivity contribution in [3.8, 4) is 74.8 Å². The van der Waals surface area contributed by atoms with Gasteiger partial charge in [0.1, 0.15) is 34.9 Å². The molecule has 122 heavy (non-hydrogen) atoms. The summed E-state index contributed by atoms with van der Waals surface area (Å²) >= 11 is 0. The monoisotopic (exact) mass is 1550 g/mol. The lowest BCUT2D eigenvalue weighted by atomic mass is 9.98. The first kappa shape index (κ1) is 67.0. The number of aromatic nitrogens is 8. The van der Waals surface area contributed by atoms with Gasteiger partial charge in [-0.2, -0.15) is 15.8 Å². The van der Waals surface area contributed by atoms with Gasteiger partial charge in [0.15, 0.2) is 0 Å². The lowest BCUT2D eigenvalue weighted by Gasteiger charge is -2.27. The third-order valence-electron chi connectivity index (χ3n) is 25.9. The molecule has 11 nitrogen and oxygen atoms in total. The number of hydrogen-bond acceptors (Lipinski definition) is 3. The Morgan fingerprint density at radius 3 is 0.484 bits per heavy atom. The van der Waals surface area contributed by atoms with E-state index >= 15 is 0 Å². The second-order valence-electron chi connectivity index (χ2n) is 31.9. The van der Waals surface area contributed by atoms with Crippen LogP contribution in [0.3, 0.4) is 0 Å². The third-order valence-corrected chi connectivity index (χ3v) is 25.9. The third kappa shape index (κ3) is 8.97. The number of fused-ring (bicyclic) bond motifs is 24. The quantitative estimate of drug-likeness (QED) is 0.143. The number of nitrogens with zero attached hydrogens (tertiary/aromatic N) is 11. The van der Waals surface area contributed by atoms with Gasteiger partial charge >= 0.3 is 0 Å². The van der Waals surface area contributed by atoms with E-state index in [4.69, 9.17) is 0 Å². The smallest absolute Gasteiger partial charge is 0.104 e. The summed E-state index contributed by atoms with van der Waals surface area (Å²) in [4.78, 5) is 0. The van der Waals surface area contributed by atoms with E-state index in [1.54, 1.807) is 0 Å². The highest BCUT2D eigenvalue weighted by Crippen LogP contribution is 2.52. The van der Waals surface area contributed by atoms with Crippen LogP contribution in [0.25, 0.3) is 231 Å². The fourth-order valence-corrected chi connectivity index (χ4v) is 21.1. The molecule has 0 saturated carbocycles. The topological polar surface area (TPSA) is 111 Å². The van der Waals surface area contributed by atoms with Crippen molar-refractivity contribution < 1.29 is 0 Å². The highest BCUT2D eigenvalue weighted by atomic mass is 15.1. The first-order valence-corrected chi connectivity index (χ1v) is 41.2. The molecule has 0 aliphatic heterocycles. The lowest BCUT2D eigenvalue weighted by molar-refractivity contribution is 1.02. The summed E-state index contributed by atoms with van der Waals surface area (Å²) in [5, 5.41) is 55.7. The molecule has 0 bridgehead atoms. The van der Waals surface area contributed by atoms with Crippen LogP contribution in [0.5, 0.6) is 0 Å². The van der Waals surface area contributed by atoms with Gasteiger partial charge in [-0.15, -0.1) is 0 Å². The van der Waals surface area contributed by atoms with Crippen molar-refractivity contribution in [3.05, 3.63) is 399 Å². The van der Waals surface area contributed by atoms with Gasteiger partial charge in [-0.25, -0.2) is 0 Å². The van der Waals surface area contributed by atoms with E-state index in [1.807, 2.05) is 0 Å². The Bertz CT molecular complexity index is 8970. The van der Waals surface area contributed by atoms with Crippen molar-refractivity contribution in [2.45, 2.75) is 0 Å². The van der Waals surface area contributed by atoms with Crippen LogP contribution < -0.4 is 0 Å². The molecule has 562 valence electrons. The molecule has 0 unspecified atom stereocenters. The van der Waals surface area contributed by atoms with Crippen molar-refractivity contribution in [2.24, 2.45) is 0 Å². The van der Waals surface area contributed by atoms with Crippen molar-refractivity contribution in [1.29, 1.82) is 15.8 Å². The van der Waals surface area contributed by atoms with E-state index in [0.717, 1.165) is 208 Å². The minimum Gasteiger partial charge on any atom is -0.307 e. The zero-order valence-electron chi connectivity index (χ0n) is 65.3. The molecule has 26 rings (SSSR count). The minimum atomic E-state index is 0.379. The second kappa shape index (κ2) is 25.4. The van der Waals surface area contributed by atoms with Crippen LogP contribution in [0.4, 0.5) is 0 Å². The maximum atomic E-state index is 13.1. The fraction of sp³-hybridized carbons (Fsp3) is 0. The number of benzene rings is 18. The molecule has 0 aliphatic rings. The van der Waals surface area contributed by atoms with Gasteiger partial charge in [0, 0.05) is 86.2 Å². The Kier molecular flexibility index (Phi) is 14.0. The standard InChI is InChI=1S/C111H63N11/c112-64-85-106(117-91-46-18-3-31-71(91)72-32-4-19-47-92(72)117)104(115-88-43-15-1-29-69(88)70-30-2-16-44-89(70)115)63-105(107(85)118-93-48-20-5-33-73(93)74-34-6-21-49-94(74)118)116-90-45-17-13-41-81(90)83-61-67(57-59-102(83)116)68-58-60-103-84(62-68)82-42-14-28-56-101(82)122(103)111-87(66-114)109(120-97-52-24-9-37-77(97)78-38-10-25-53-98(78)120)108(119-95-50-22-7-35-75(95)76-36-8-23-51-96(76)119)86(65-113)110(111)121-99-54-26-11-39-79(99)80-40-12-27-55-100(80)121/h1-63H. The van der Waals surface area contributed by atoms with Crippen LogP contribution in [0.1, 0.15) is 16.7 Å². The van der Waals surface area contributed by atoms with Crippen LogP contribution in [0.2, 0.25) is 0 Å². The highest BCUT2D eigenvalue weighted by molar-refractivity contribution is 6.20. The Morgan fingerprint density at radius 2 is 0.287 bits per heavy atom. The summed E-state index contributed by atoms with van der Waals surface area (Å²) in [6, 6.07) is 145. The van der Waals surface area contributed by atoms with E-state index in [9.17, 15) is 15.8 Å². The molecule has 8 aromatic heterocycles. The average Bonchev–Trinajstić information content (AvgIpc) is 1.50. The van der Waals surface area contributed by atoms with Crippen molar-refractivity contribution in [3.63, 3.8) is 0 Å². The fourth-order valence-electron chi connectivity index (χ4n) is 21.1. The molecule has 8 heterocycles. The molecule has 0 fully saturated rings. The first-order chi connectivity index (χ1) is 60.5. The first-order valence-electron chi connectivity index (χ1n) is 41.2. The van der Waals surface area contributed by atoms with E-state index in [1.165, 1.54) is 0 Å². The van der Waals surface area contributed by atoms with Crippen LogP contribution in [-0.4, -0.2) is 36.5 Å². The molecule has 0 N–H and O–H groups in total. The molecule has 26 aromatic rings. The molecular weight excluding hydrogens is 1490 g/mol. The summed E-state index contributed by atoms with van der Waals surface area (Å²) in [5.74, 6) is 0. The van der Waals surface area contributed by atoms with Crippen LogP contribution in [-0.2, 0) is 0 Å². The van der Waals surface area contributed by atoms with Crippen molar-refractivity contribution >= 4 is 174 Å². The van der Waals surface area contributed by atoms with Crippen LogP contribution in [0.15, 0.2) is 382 Å². The predicted octanol–water partition coefficient (Wildman–Crippen LogP) is 27.7. The summed E-state index contributed by atoms with van der Waals surface area (Å²) < 4.78 is 18.5. The summed E-state index contributed by atoms with van der Waals surface area (Å²) in [6.45, 7) is 0. The largest absolute Gasteiger partial charge is 0.307 e. The average molecular weight is 1550 g/mol. The summed E-state index contributed by atoms with van der Waals surface area (Å²) in [7, 11) is 0.